The van der Waals surface area contributed by atoms with E-state index in [2.05, 4.69) is 57.0 Å². The average Bonchev–Trinajstić information content (AvgIpc) is 3.60. The summed E-state index contributed by atoms with van der Waals surface area (Å²) in [4.78, 5) is 33.2. The molecule has 0 bridgehead atoms. The minimum Gasteiger partial charge on any atom is -0.360 e. The monoisotopic (exact) mass is 516 g/mol. The molecule has 2 heterocycles. The standard InChI is InChI=1S/C31H24N4O2S/c36-29(19-8-9-19)35-31-34-27-13-11-21(15-28(27)38-31)20-10-12-26-24(14-20)25(17-32-26)30(37)33-16-22-6-3-5-18-4-1-2-7-23(18)22/h1-7,10-15,17,19,32H,8-9,16H2,(H,33,37)(H,34,35,36). The SMILES string of the molecule is O=C(NCc1cccc2ccccc12)c1c[nH]c2ccc(-c3ccc4nc(NC(=O)C5CC5)sc4c3)cc12. The molecule has 0 aliphatic heterocycles. The lowest BCUT2D eigenvalue weighted by molar-refractivity contribution is -0.117. The summed E-state index contributed by atoms with van der Waals surface area (Å²) in [6.45, 7) is 0.453. The Morgan fingerprint density at radius 3 is 2.63 bits per heavy atom. The van der Waals surface area contributed by atoms with Gasteiger partial charge in [-0.2, -0.15) is 0 Å². The zero-order valence-corrected chi connectivity index (χ0v) is 21.3. The predicted octanol–water partition coefficient (Wildman–Crippen LogP) is 6.88. The van der Waals surface area contributed by atoms with Crippen LogP contribution in [-0.2, 0) is 11.3 Å². The first-order chi connectivity index (χ1) is 18.6. The van der Waals surface area contributed by atoms with E-state index in [9.17, 15) is 9.59 Å². The molecule has 2 aromatic heterocycles. The van der Waals surface area contributed by atoms with Crippen LogP contribution in [-0.4, -0.2) is 21.8 Å². The second-order valence-corrected chi connectivity index (χ2v) is 10.8. The molecule has 1 aliphatic rings. The van der Waals surface area contributed by atoms with Crippen LogP contribution in [0.1, 0.15) is 28.8 Å². The molecule has 4 aromatic carbocycles. The van der Waals surface area contributed by atoms with Crippen molar-refractivity contribution in [3.8, 4) is 11.1 Å². The molecule has 0 radical (unpaired) electrons. The van der Waals surface area contributed by atoms with Crippen molar-refractivity contribution < 1.29 is 9.59 Å². The number of H-pyrrole nitrogens is 1. The van der Waals surface area contributed by atoms with Gasteiger partial charge in [-0.15, -0.1) is 0 Å². The molecular weight excluding hydrogens is 492 g/mol. The second-order valence-electron chi connectivity index (χ2n) is 9.75. The summed E-state index contributed by atoms with van der Waals surface area (Å²) in [6.07, 6.45) is 3.70. The lowest BCUT2D eigenvalue weighted by Crippen LogP contribution is -2.22. The summed E-state index contributed by atoms with van der Waals surface area (Å²) in [5.41, 5.74) is 5.52. The molecule has 7 rings (SSSR count). The number of nitrogens with one attached hydrogen (secondary N) is 3. The number of hydrogen-bond acceptors (Lipinski definition) is 4. The predicted molar refractivity (Wildman–Crippen MR) is 153 cm³/mol. The van der Waals surface area contributed by atoms with Gasteiger partial charge in [-0.05, 0) is 64.6 Å². The molecule has 1 saturated carbocycles. The Hall–Kier alpha value is -4.49. The molecule has 0 saturated heterocycles. The first kappa shape index (κ1) is 22.7. The van der Waals surface area contributed by atoms with Gasteiger partial charge in [-0.25, -0.2) is 4.98 Å². The summed E-state index contributed by atoms with van der Waals surface area (Å²) < 4.78 is 1.01. The van der Waals surface area contributed by atoms with Crippen LogP contribution in [0.15, 0.2) is 85.1 Å². The lowest BCUT2D eigenvalue weighted by Gasteiger charge is -2.09. The number of hydrogen-bond donors (Lipinski definition) is 3. The minimum atomic E-state index is -0.115. The van der Waals surface area contributed by atoms with E-state index in [0.29, 0.717) is 17.2 Å². The van der Waals surface area contributed by atoms with Crippen molar-refractivity contribution in [1.29, 1.82) is 0 Å². The lowest BCUT2D eigenvalue weighted by atomic mass is 10.0. The van der Waals surface area contributed by atoms with Crippen LogP contribution < -0.4 is 10.6 Å². The van der Waals surface area contributed by atoms with Crippen LogP contribution in [0.5, 0.6) is 0 Å². The van der Waals surface area contributed by atoms with Crippen molar-refractivity contribution in [2.45, 2.75) is 19.4 Å². The van der Waals surface area contributed by atoms with Crippen LogP contribution in [0, 0.1) is 5.92 Å². The number of anilines is 1. The largest absolute Gasteiger partial charge is 0.360 e. The molecule has 38 heavy (non-hydrogen) atoms. The van der Waals surface area contributed by atoms with Gasteiger partial charge in [0, 0.05) is 29.6 Å². The van der Waals surface area contributed by atoms with Crippen LogP contribution in [0.3, 0.4) is 0 Å². The second kappa shape index (κ2) is 9.11. The number of fused-ring (bicyclic) bond motifs is 3. The normalized spacial score (nSPS) is 13.3. The highest BCUT2D eigenvalue weighted by molar-refractivity contribution is 7.22. The van der Waals surface area contributed by atoms with E-state index < -0.39 is 0 Å². The number of rotatable bonds is 6. The number of aromatic nitrogens is 2. The van der Waals surface area contributed by atoms with E-state index in [1.165, 1.54) is 11.3 Å². The van der Waals surface area contributed by atoms with Crippen molar-refractivity contribution in [3.05, 3.63) is 96.2 Å². The number of thiazole rings is 1. The summed E-state index contributed by atoms with van der Waals surface area (Å²) in [5.74, 6) is 0.0906. The quantitative estimate of drug-likeness (QED) is 0.226. The Morgan fingerprint density at radius 1 is 0.921 bits per heavy atom. The number of carbonyl (C=O) groups is 2. The Bertz CT molecular complexity index is 1860. The van der Waals surface area contributed by atoms with Gasteiger partial charge < -0.3 is 15.6 Å². The Labute approximate surface area is 222 Å². The molecule has 0 atom stereocenters. The first-order valence-electron chi connectivity index (χ1n) is 12.7. The van der Waals surface area contributed by atoms with Crippen LogP contribution in [0.2, 0.25) is 0 Å². The van der Waals surface area contributed by atoms with Crippen molar-refractivity contribution >= 4 is 60.2 Å². The average molecular weight is 517 g/mol. The summed E-state index contributed by atoms with van der Waals surface area (Å²) >= 11 is 1.48. The van der Waals surface area contributed by atoms with Gasteiger partial charge in [-0.3, -0.25) is 9.59 Å². The molecule has 1 aliphatic carbocycles. The van der Waals surface area contributed by atoms with Gasteiger partial charge in [-0.1, -0.05) is 65.9 Å². The van der Waals surface area contributed by atoms with Crippen LogP contribution in [0.25, 0.3) is 43.0 Å². The van der Waals surface area contributed by atoms with Crippen molar-refractivity contribution in [1.82, 2.24) is 15.3 Å². The fraction of sp³-hybridized carbons (Fsp3) is 0.129. The number of nitrogens with zero attached hydrogens (tertiary/aromatic N) is 1. The van der Waals surface area contributed by atoms with Crippen molar-refractivity contribution in [3.63, 3.8) is 0 Å². The van der Waals surface area contributed by atoms with Gasteiger partial charge in [0.2, 0.25) is 5.91 Å². The summed E-state index contributed by atoms with van der Waals surface area (Å²) in [6, 6.07) is 26.6. The summed E-state index contributed by atoms with van der Waals surface area (Å²) in [5, 5.41) is 9.86. The fourth-order valence-electron chi connectivity index (χ4n) is 4.92. The van der Waals surface area contributed by atoms with E-state index >= 15 is 0 Å². The van der Waals surface area contributed by atoms with E-state index in [0.717, 1.165) is 61.4 Å². The molecule has 1 fully saturated rings. The van der Waals surface area contributed by atoms with Crippen molar-refractivity contribution in [2.75, 3.05) is 5.32 Å². The van der Waals surface area contributed by atoms with Crippen LogP contribution >= 0.6 is 11.3 Å². The number of carbonyl (C=O) groups excluding carboxylic acids is 2. The maximum absolute atomic E-state index is 13.2. The van der Waals surface area contributed by atoms with Gasteiger partial charge in [0.15, 0.2) is 5.13 Å². The van der Waals surface area contributed by atoms with Gasteiger partial charge >= 0.3 is 0 Å². The molecule has 6 nitrogen and oxygen atoms in total. The van der Waals surface area contributed by atoms with Gasteiger partial charge in [0.25, 0.3) is 5.91 Å². The highest BCUT2D eigenvalue weighted by Crippen LogP contribution is 2.34. The number of amides is 2. The molecule has 0 spiro atoms. The topological polar surface area (TPSA) is 86.9 Å². The fourth-order valence-corrected chi connectivity index (χ4v) is 5.82. The molecule has 7 heteroatoms. The molecule has 6 aromatic rings. The highest BCUT2D eigenvalue weighted by atomic mass is 32.1. The van der Waals surface area contributed by atoms with E-state index in [-0.39, 0.29) is 17.7 Å². The Morgan fingerprint density at radius 2 is 1.74 bits per heavy atom. The zero-order valence-electron chi connectivity index (χ0n) is 20.5. The van der Waals surface area contributed by atoms with E-state index in [1.54, 1.807) is 6.20 Å². The van der Waals surface area contributed by atoms with Gasteiger partial charge in [0.05, 0.1) is 15.8 Å². The molecule has 2 amide bonds. The summed E-state index contributed by atoms with van der Waals surface area (Å²) in [7, 11) is 0. The number of benzene rings is 4. The third-order valence-electron chi connectivity index (χ3n) is 7.15. The minimum absolute atomic E-state index is 0.0634. The third-order valence-corrected chi connectivity index (χ3v) is 8.08. The number of aromatic amines is 1. The molecule has 186 valence electrons. The van der Waals surface area contributed by atoms with Crippen LogP contribution in [0.4, 0.5) is 5.13 Å². The molecular formula is C31H24N4O2S. The maximum Gasteiger partial charge on any atom is 0.253 e. The Balaban J connectivity index is 1.14. The smallest absolute Gasteiger partial charge is 0.253 e. The third kappa shape index (κ3) is 4.21. The Kier molecular flexibility index (Phi) is 5.44. The molecule has 3 N–H and O–H groups in total. The van der Waals surface area contributed by atoms with Crippen molar-refractivity contribution in [2.24, 2.45) is 5.92 Å². The van der Waals surface area contributed by atoms with E-state index in [4.69, 9.17) is 0 Å². The molecule has 0 unspecified atom stereocenters. The maximum atomic E-state index is 13.2. The van der Waals surface area contributed by atoms with E-state index in [1.807, 2.05) is 42.5 Å². The van der Waals surface area contributed by atoms with Gasteiger partial charge in [0.1, 0.15) is 0 Å². The first-order valence-corrected chi connectivity index (χ1v) is 13.5. The zero-order chi connectivity index (χ0) is 25.6. The highest BCUT2D eigenvalue weighted by Gasteiger charge is 2.30.